The first kappa shape index (κ1) is 40.4. The van der Waals surface area contributed by atoms with E-state index < -0.39 is 77.7 Å². The van der Waals surface area contributed by atoms with Crippen LogP contribution in [0.2, 0.25) is 0 Å². The lowest BCUT2D eigenvalue weighted by atomic mass is 9.75. The smallest absolute Gasteiger partial charge is 0.407 e. The predicted octanol–water partition coefficient (Wildman–Crippen LogP) is 3.74. The summed E-state index contributed by atoms with van der Waals surface area (Å²) in [5, 5.41) is 26.5. The van der Waals surface area contributed by atoms with Crippen LogP contribution in [-0.4, -0.2) is 107 Å². The molecule has 284 valence electrons. The number of cyclic esters (lactones) is 1. The van der Waals surface area contributed by atoms with Gasteiger partial charge in [0.25, 0.3) is 0 Å². The molecule has 13 heteroatoms. The number of aliphatic hydroxyl groups excluding tert-OH is 1. The number of esters is 1. The van der Waals surface area contributed by atoms with Gasteiger partial charge < -0.3 is 49.8 Å². The molecule has 1 aromatic carbocycles. The van der Waals surface area contributed by atoms with Crippen molar-refractivity contribution in [2.24, 2.45) is 29.4 Å². The average molecular weight is 710 g/mol. The van der Waals surface area contributed by atoms with Crippen LogP contribution in [-0.2, 0) is 35.0 Å². The summed E-state index contributed by atoms with van der Waals surface area (Å²) in [5.74, 6) is -3.41. The van der Waals surface area contributed by atoms with Crippen molar-refractivity contribution in [1.82, 2.24) is 10.2 Å². The van der Waals surface area contributed by atoms with Crippen LogP contribution in [0.1, 0.15) is 80.2 Å². The molecule has 5 N–H and O–H groups in total. The average Bonchev–Trinajstić information content (AvgIpc) is 3.29. The summed E-state index contributed by atoms with van der Waals surface area (Å²) < 4.78 is 45.9. The number of amides is 1. The molecule has 0 aliphatic carbocycles. The molecule has 0 spiro atoms. The predicted molar refractivity (Wildman–Crippen MR) is 184 cm³/mol. The Kier molecular flexibility index (Phi) is 13.0. The van der Waals surface area contributed by atoms with Crippen LogP contribution in [0.15, 0.2) is 24.3 Å². The van der Waals surface area contributed by atoms with Crippen molar-refractivity contribution in [3.63, 3.8) is 0 Å². The van der Waals surface area contributed by atoms with E-state index in [0.717, 1.165) is 0 Å². The number of fused-ring (bicyclic) bond motifs is 2. The van der Waals surface area contributed by atoms with Crippen molar-refractivity contribution >= 4 is 12.1 Å². The number of ether oxygens (including phenoxy) is 5. The Morgan fingerprint density at radius 1 is 1.14 bits per heavy atom. The van der Waals surface area contributed by atoms with Gasteiger partial charge >= 0.3 is 12.1 Å². The first-order valence-corrected chi connectivity index (χ1v) is 18.0. The summed E-state index contributed by atoms with van der Waals surface area (Å²) in [7, 11) is 3.73. The molecule has 3 aliphatic rings. The van der Waals surface area contributed by atoms with E-state index in [0.29, 0.717) is 12.8 Å². The van der Waals surface area contributed by atoms with Gasteiger partial charge in [0.05, 0.1) is 29.8 Å². The molecular weight excluding hydrogens is 649 g/mol. The molecule has 0 radical (unpaired) electrons. The summed E-state index contributed by atoms with van der Waals surface area (Å²) in [6.07, 6.45) is -5.63. The topological polar surface area (TPSA) is 162 Å². The Balaban J connectivity index is 1.76. The standard InChI is InChI=1S/C37H60FN3O9/c1-11-27-37(8)31(39)21(4)29(50-37)19(2)17-36(7,45)32(49-34-28(42)26(41(9)10)16-20(3)46-34)22(5)30(23(6)33(43)47-27)48-35(44)40-18-24-14-12-13-15-25(24)38/h12-15,19-23,26-32,34,42,45H,11,16-18,39H2,1-10H3,(H,40,44)/t19-,20-,21+,22+,23-,26+,27-,28-,29+,30+,31+,32-,34?,36-,37?/m1/s1. The number of hydrogen-bond acceptors (Lipinski definition) is 11. The fraction of sp³-hybridized carbons (Fsp3) is 0.784. The first-order valence-electron chi connectivity index (χ1n) is 18.0. The van der Waals surface area contributed by atoms with Crippen LogP contribution in [0.3, 0.4) is 0 Å². The minimum absolute atomic E-state index is 0.130. The fourth-order valence-electron chi connectivity index (χ4n) is 8.45. The third kappa shape index (κ3) is 8.46. The molecule has 1 aromatic rings. The fourth-order valence-corrected chi connectivity index (χ4v) is 8.45. The van der Waals surface area contributed by atoms with E-state index in [-0.39, 0.29) is 48.6 Å². The maximum Gasteiger partial charge on any atom is 0.407 e. The normalized spacial score (nSPS) is 42.9. The lowest BCUT2D eigenvalue weighted by molar-refractivity contribution is -0.299. The second kappa shape index (κ2) is 16.1. The lowest BCUT2D eigenvalue weighted by Crippen LogP contribution is -2.59. The van der Waals surface area contributed by atoms with E-state index in [9.17, 15) is 24.2 Å². The van der Waals surface area contributed by atoms with Crippen molar-refractivity contribution in [3.8, 4) is 0 Å². The quantitative estimate of drug-likeness (QED) is 0.305. The molecule has 1 amide bonds. The minimum atomic E-state index is -1.62. The number of hydrogen-bond donors (Lipinski definition) is 4. The molecule has 12 nitrogen and oxygen atoms in total. The molecule has 0 aromatic heterocycles. The van der Waals surface area contributed by atoms with Gasteiger partial charge in [0.1, 0.15) is 29.7 Å². The highest BCUT2D eigenvalue weighted by molar-refractivity contribution is 5.74. The first-order chi connectivity index (χ1) is 23.3. The number of nitrogens with two attached hydrogens (primary N) is 1. The zero-order valence-corrected chi connectivity index (χ0v) is 31.3. The number of alkyl carbamates (subject to hydrolysis) is 1. The molecule has 2 unspecified atom stereocenters. The second-order valence-electron chi connectivity index (χ2n) is 15.6. The van der Waals surface area contributed by atoms with Crippen LogP contribution in [0.5, 0.6) is 0 Å². The van der Waals surface area contributed by atoms with Crippen LogP contribution in [0.4, 0.5) is 9.18 Å². The minimum Gasteiger partial charge on any atom is -0.459 e. The van der Waals surface area contributed by atoms with E-state index in [1.165, 1.54) is 6.07 Å². The number of aliphatic hydroxyl groups is 2. The van der Waals surface area contributed by atoms with Gasteiger partial charge in [0.2, 0.25) is 0 Å². The van der Waals surface area contributed by atoms with Gasteiger partial charge in [-0.3, -0.25) is 4.79 Å². The number of rotatable bonds is 7. The molecule has 3 aliphatic heterocycles. The van der Waals surface area contributed by atoms with E-state index in [1.807, 2.05) is 53.6 Å². The maximum atomic E-state index is 14.4. The van der Waals surface area contributed by atoms with E-state index in [1.54, 1.807) is 39.0 Å². The van der Waals surface area contributed by atoms with Gasteiger partial charge in [-0.05, 0) is 73.0 Å². The van der Waals surface area contributed by atoms with Gasteiger partial charge in [0, 0.05) is 36.0 Å². The molecule has 50 heavy (non-hydrogen) atoms. The van der Waals surface area contributed by atoms with Gasteiger partial charge in [-0.1, -0.05) is 45.9 Å². The van der Waals surface area contributed by atoms with Crippen molar-refractivity contribution in [3.05, 3.63) is 35.6 Å². The Morgan fingerprint density at radius 2 is 1.80 bits per heavy atom. The zero-order valence-electron chi connectivity index (χ0n) is 31.3. The highest BCUT2D eigenvalue weighted by Gasteiger charge is 2.57. The summed E-state index contributed by atoms with van der Waals surface area (Å²) in [6.45, 7) is 14.4. The Bertz CT molecular complexity index is 1320. The third-order valence-corrected chi connectivity index (χ3v) is 11.4. The summed E-state index contributed by atoms with van der Waals surface area (Å²) >= 11 is 0. The van der Waals surface area contributed by atoms with Gasteiger partial charge in [-0.25, -0.2) is 9.18 Å². The zero-order chi connectivity index (χ0) is 37.3. The molecule has 4 rings (SSSR count). The molecule has 3 saturated heterocycles. The molecule has 2 bridgehead atoms. The van der Waals surface area contributed by atoms with Crippen molar-refractivity contribution < 1.29 is 47.9 Å². The van der Waals surface area contributed by atoms with Gasteiger partial charge in [-0.2, -0.15) is 0 Å². The third-order valence-electron chi connectivity index (χ3n) is 11.4. The van der Waals surface area contributed by atoms with Crippen LogP contribution >= 0.6 is 0 Å². The largest absolute Gasteiger partial charge is 0.459 e. The number of likely N-dealkylation sites (N-methyl/N-ethyl adjacent to an activating group) is 1. The lowest BCUT2D eigenvalue weighted by Gasteiger charge is -2.47. The highest BCUT2D eigenvalue weighted by Crippen LogP contribution is 2.45. The number of benzene rings is 1. The summed E-state index contributed by atoms with van der Waals surface area (Å²) in [6, 6.07) is 5.27. The number of nitrogens with one attached hydrogen (secondary N) is 1. The van der Waals surface area contributed by atoms with Crippen LogP contribution in [0.25, 0.3) is 0 Å². The monoisotopic (exact) mass is 709 g/mol. The van der Waals surface area contributed by atoms with Crippen LogP contribution < -0.4 is 11.1 Å². The number of carbonyl (C=O) groups excluding carboxylic acids is 2. The molecular formula is C37H60FN3O9. The van der Waals surface area contributed by atoms with Gasteiger partial charge in [0.15, 0.2) is 6.29 Å². The number of nitrogens with zero attached hydrogens (tertiary/aromatic N) is 1. The number of halogens is 1. The Hall–Kier alpha value is -2.39. The molecule has 3 fully saturated rings. The van der Waals surface area contributed by atoms with Crippen LogP contribution in [0, 0.1) is 29.5 Å². The van der Waals surface area contributed by atoms with E-state index in [2.05, 4.69) is 5.32 Å². The van der Waals surface area contributed by atoms with Gasteiger partial charge in [-0.15, -0.1) is 0 Å². The number of carbonyl (C=O) groups is 2. The molecule has 3 heterocycles. The Labute approximate surface area is 296 Å². The Morgan fingerprint density at radius 3 is 2.42 bits per heavy atom. The SMILES string of the molecule is CC[C@H]1OC(=O)[C@H](C)[C@@H](OC(=O)NCc2ccccc2F)[C@H](C)[C@@H](OC2O[C@H](C)C[C@H](N(C)C)[C@H]2O)[C@](C)(O)C[C@@H](C)[C@@H]2OC1(C)[C@@H](N)[C@H]2C. The maximum absolute atomic E-state index is 14.4. The highest BCUT2D eigenvalue weighted by atomic mass is 19.1. The van der Waals surface area contributed by atoms with E-state index in [4.69, 9.17) is 29.4 Å². The second-order valence-corrected chi connectivity index (χ2v) is 15.6. The van der Waals surface area contributed by atoms with E-state index >= 15 is 0 Å². The van der Waals surface area contributed by atoms with Crippen molar-refractivity contribution in [1.29, 1.82) is 0 Å². The molecule has 15 atom stereocenters. The summed E-state index contributed by atoms with van der Waals surface area (Å²) in [4.78, 5) is 29.3. The van der Waals surface area contributed by atoms with Crippen molar-refractivity contribution in [2.45, 2.75) is 147 Å². The summed E-state index contributed by atoms with van der Waals surface area (Å²) in [5.41, 5.74) is 4.41. The van der Waals surface area contributed by atoms with Crippen molar-refractivity contribution in [2.75, 3.05) is 14.1 Å². The molecule has 0 saturated carbocycles.